The number of anilines is 1. The number of aliphatic hydroxyl groups excluding tert-OH is 1. The summed E-state index contributed by atoms with van der Waals surface area (Å²) in [5.41, 5.74) is 2.73. The molecule has 4 heterocycles. The number of hydrogen-bond acceptors (Lipinski definition) is 6. The van der Waals surface area contributed by atoms with Crippen LogP contribution in [0.15, 0.2) is 30.9 Å². The van der Waals surface area contributed by atoms with Gasteiger partial charge < -0.3 is 20.1 Å². The van der Waals surface area contributed by atoms with Gasteiger partial charge in [-0.15, -0.1) is 0 Å². The molecule has 4 aromatic rings. The number of aliphatic hydroxyl groups is 1. The Bertz CT molecular complexity index is 1110. The van der Waals surface area contributed by atoms with Crippen LogP contribution < -0.4 is 5.32 Å². The summed E-state index contributed by atoms with van der Waals surface area (Å²) in [5.74, 6) is 0.0217. The lowest BCUT2D eigenvalue weighted by atomic mass is 10.1. The van der Waals surface area contributed by atoms with Crippen molar-refractivity contribution in [2.45, 2.75) is 19.6 Å². The number of rotatable bonds is 6. The topological polar surface area (TPSA) is 100 Å². The Morgan fingerprint density at radius 2 is 2.22 bits per heavy atom. The molecule has 0 amide bonds. The SMILES string of the molecule is COC[C@H](C)Nc1ncc2c(-c3cc(F)c4ncc(CO)n4c3)c[nH]c2n1. The monoisotopic (exact) mass is 370 g/mol. The molecule has 0 aromatic carbocycles. The van der Waals surface area contributed by atoms with E-state index in [1.165, 1.54) is 12.3 Å². The normalized spacial score (nSPS) is 12.7. The third-order valence-electron chi connectivity index (χ3n) is 4.33. The first-order chi connectivity index (χ1) is 13.1. The minimum absolute atomic E-state index is 0.0662. The molecule has 0 aliphatic heterocycles. The number of H-pyrrole nitrogens is 1. The zero-order valence-corrected chi connectivity index (χ0v) is 14.9. The second kappa shape index (κ2) is 6.93. The van der Waals surface area contributed by atoms with Gasteiger partial charge in [-0.3, -0.25) is 4.40 Å². The minimum atomic E-state index is -0.464. The smallest absolute Gasteiger partial charge is 0.224 e. The lowest BCUT2D eigenvalue weighted by Gasteiger charge is -2.12. The Balaban J connectivity index is 1.75. The molecule has 0 radical (unpaired) electrons. The van der Waals surface area contributed by atoms with Gasteiger partial charge in [0.15, 0.2) is 11.5 Å². The van der Waals surface area contributed by atoms with Gasteiger partial charge in [0.05, 0.1) is 25.1 Å². The third kappa shape index (κ3) is 3.11. The molecule has 0 aliphatic carbocycles. The van der Waals surface area contributed by atoms with E-state index < -0.39 is 5.82 Å². The molecule has 0 saturated carbocycles. The summed E-state index contributed by atoms with van der Waals surface area (Å²) in [4.78, 5) is 15.9. The van der Waals surface area contributed by atoms with Crippen molar-refractivity contribution in [1.82, 2.24) is 24.3 Å². The number of pyridine rings is 1. The number of nitrogens with zero attached hydrogens (tertiary/aromatic N) is 4. The van der Waals surface area contributed by atoms with E-state index in [1.54, 1.807) is 30.1 Å². The fraction of sp³-hybridized carbons (Fsp3) is 0.278. The number of hydrogen-bond donors (Lipinski definition) is 3. The molecular weight excluding hydrogens is 351 g/mol. The Hall–Kier alpha value is -3.04. The van der Waals surface area contributed by atoms with Gasteiger partial charge in [-0.1, -0.05) is 0 Å². The summed E-state index contributed by atoms with van der Waals surface area (Å²) in [6.07, 6.45) is 6.66. The second-order valence-electron chi connectivity index (χ2n) is 6.34. The van der Waals surface area contributed by atoms with Gasteiger partial charge in [0, 0.05) is 48.3 Å². The van der Waals surface area contributed by atoms with Gasteiger partial charge in [0.2, 0.25) is 5.95 Å². The van der Waals surface area contributed by atoms with Crippen molar-refractivity contribution in [3.05, 3.63) is 42.4 Å². The van der Waals surface area contributed by atoms with E-state index in [9.17, 15) is 9.50 Å². The lowest BCUT2D eigenvalue weighted by Crippen LogP contribution is -2.22. The zero-order chi connectivity index (χ0) is 19.0. The summed E-state index contributed by atoms with van der Waals surface area (Å²) in [7, 11) is 1.64. The second-order valence-corrected chi connectivity index (χ2v) is 6.34. The van der Waals surface area contributed by atoms with Gasteiger partial charge in [0.1, 0.15) is 5.65 Å². The van der Waals surface area contributed by atoms with Gasteiger partial charge >= 0.3 is 0 Å². The first-order valence-electron chi connectivity index (χ1n) is 8.47. The van der Waals surface area contributed by atoms with Crippen LogP contribution in [0.4, 0.5) is 10.3 Å². The summed E-state index contributed by atoms with van der Waals surface area (Å²) in [6.45, 7) is 2.28. The maximum absolute atomic E-state index is 14.4. The highest BCUT2D eigenvalue weighted by Gasteiger charge is 2.14. The van der Waals surface area contributed by atoms with Gasteiger partial charge in [0.25, 0.3) is 0 Å². The predicted molar refractivity (Wildman–Crippen MR) is 98.9 cm³/mol. The fourth-order valence-corrected chi connectivity index (χ4v) is 3.09. The van der Waals surface area contributed by atoms with E-state index in [-0.39, 0.29) is 18.3 Å². The molecule has 4 aromatic heterocycles. The summed E-state index contributed by atoms with van der Waals surface area (Å²) >= 11 is 0. The van der Waals surface area contributed by atoms with Crippen LogP contribution in [0.25, 0.3) is 27.8 Å². The number of halogens is 1. The lowest BCUT2D eigenvalue weighted by molar-refractivity contribution is 0.190. The van der Waals surface area contributed by atoms with Crippen LogP contribution in [0.5, 0.6) is 0 Å². The number of ether oxygens (including phenoxy) is 1. The molecule has 0 unspecified atom stereocenters. The van der Waals surface area contributed by atoms with Gasteiger partial charge in [-0.05, 0) is 13.0 Å². The van der Waals surface area contributed by atoms with Crippen molar-refractivity contribution >= 4 is 22.6 Å². The Morgan fingerprint density at radius 3 is 3.00 bits per heavy atom. The Morgan fingerprint density at radius 1 is 1.37 bits per heavy atom. The summed E-state index contributed by atoms with van der Waals surface area (Å²) < 4.78 is 21.1. The molecule has 3 N–H and O–H groups in total. The Labute approximate surface area is 154 Å². The standard InChI is InChI=1S/C18H19FN6O2/c1-10(9-27-2)23-18-22-6-14-13(5-20-16(14)24-18)11-3-15(19)17-21-4-12(8-26)25(17)7-11/h3-7,10,26H,8-9H2,1-2H3,(H2,20,22,23,24)/t10-/m0/s1. The van der Waals surface area contributed by atoms with E-state index in [4.69, 9.17) is 4.74 Å². The van der Waals surface area contributed by atoms with Crippen LogP contribution in [-0.4, -0.2) is 49.2 Å². The van der Waals surface area contributed by atoms with E-state index in [0.29, 0.717) is 29.5 Å². The van der Waals surface area contributed by atoms with Crippen molar-refractivity contribution in [2.75, 3.05) is 19.0 Å². The fourth-order valence-electron chi connectivity index (χ4n) is 3.09. The van der Waals surface area contributed by atoms with Crippen LogP contribution in [0, 0.1) is 5.82 Å². The number of aromatic nitrogens is 5. The molecule has 140 valence electrons. The molecule has 0 aliphatic rings. The number of imidazole rings is 1. The van der Waals surface area contributed by atoms with E-state index in [1.807, 2.05) is 6.92 Å². The first kappa shape index (κ1) is 17.4. The number of aromatic amines is 1. The van der Waals surface area contributed by atoms with Crippen molar-refractivity contribution in [1.29, 1.82) is 0 Å². The van der Waals surface area contributed by atoms with E-state index in [0.717, 1.165) is 10.9 Å². The molecule has 9 heteroatoms. The first-order valence-corrected chi connectivity index (χ1v) is 8.47. The number of fused-ring (bicyclic) bond motifs is 2. The van der Waals surface area contributed by atoms with E-state index in [2.05, 4.69) is 25.3 Å². The van der Waals surface area contributed by atoms with Crippen molar-refractivity contribution in [2.24, 2.45) is 0 Å². The third-order valence-corrected chi connectivity index (χ3v) is 4.33. The average molecular weight is 370 g/mol. The highest BCUT2D eigenvalue weighted by molar-refractivity contribution is 5.93. The van der Waals surface area contributed by atoms with Crippen molar-refractivity contribution in [3.8, 4) is 11.1 Å². The average Bonchev–Trinajstić information content (AvgIpc) is 3.25. The molecular formula is C18H19FN6O2. The van der Waals surface area contributed by atoms with Crippen LogP contribution in [0.2, 0.25) is 0 Å². The minimum Gasteiger partial charge on any atom is -0.390 e. The Kier molecular flexibility index (Phi) is 4.46. The van der Waals surface area contributed by atoms with Crippen molar-refractivity contribution < 1.29 is 14.2 Å². The maximum Gasteiger partial charge on any atom is 0.224 e. The molecule has 0 fully saturated rings. The highest BCUT2D eigenvalue weighted by atomic mass is 19.1. The van der Waals surface area contributed by atoms with Crippen LogP contribution >= 0.6 is 0 Å². The van der Waals surface area contributed by atoms with Gasteiger partial charge in [-0.2, -0.15) is 4.98 Å². The number of methoxy groups -OCH3 is 1. The number of nitrogens with one attached hydrogen (secondary N) is 2. The molecule has 0 bridgehead atoms. The molecule has 4 rings (SSSR count). The summed E-state index contributed by atoms with van der Waals surface area (Å²) in [6, 6.07) is 1.48. The van der Waals surface area contributed by atoms with Crippen molar-refractivity contribution in [3.63, 3.8) is 0 Å². The quantitative estimate of drug-likeness (QED) is 0.482. The highest BCUT2D eigenvalue weighted by Crippen LogP contribution is 2.29. The maximum atomic E-state index is 14.4. The predicted octanol–water partition coefficient (Wildman–Crippen LogP) is 2.35. The molecule has 0 saturated heterocycles. The van der Waals surface area contributed by atoms with Crippen LogP contribution in [0.3, 0.4) is 0 Å². The summed E-state index contributed by atoms with van der Waals surface area (Å²) in [5, 5.41) is 13.4. The molecule has 0 spiro atoms. The largest absolute Gasteiger partial charge is 0.390 e. The van der Waals surface area contributed by atoms with Crippen LogP contribution in [0.1, 0.15) is 12.6 Å². The van der Waals surface area contributed by atoms with E-state index >= 15 is 0 Å². The molecule has 1 atom stereocenters. The molecule has 8 nitrogen and oxygen atoms in total. The molecule has 27 heavy (non-hydrogen) atoms. The zero-order valence-electron chi connectivity index (χ0n) is 14.9. The van der Waals surface area contributed by atoms with Crippen LogP contribution in [-0.2, 0) is 11.3 Å². The van der Waals surface area contributed by atoms with Gasteiger partial charge in [-0.25, -0.2) is 14.4 Å².